The maximum absolute atomic E-state index is 12.0. The lowest BCUT2D eigenvalue weighted by Crippen LogP contribution is -2.46. The predicted molar refractivity (Wildman–Crippen MR) is 108 cm³/mol. The fourth-order valence-corrected chi connectivity index (χ4v) is 4.46. The Hall–Kier alpha value is -3.12. The number of hydrogen-bond donors (Lipinski definition) is 1. The molecule has 2 aliphatic heterocycles. The number of likely N-dealkylation sites (tertiary alicyclic amines) is 1. The number of aliphatic carboxylic acids is 1. The minimum atomic E-state index is -0.763. The number of ether oxygens (including phenoxy) is 2. The van der Waals surface area contributed by atoms with E-state index in [1.54, 1.807) is 6.20 Å². The highest BCUT2D eigenvalue weighted by atomic mass is 16.7. The van der Waals surface area contributed by atoms with E-state index in [9.17, 15) is 9.90 Å². The molecule has 6 heteroatoms. The molecule has 0 aliphatic carbocycles. The van der Waals surface area contributed by atoms with Gasteiger partial charge in [-0.2, -0.15) is 0 Å². The number of pyridine rings is 1. The van der Waals surface area contributed by atoms with Gasteiger partial charge < -0.3 is 14.6 Å². The van der Waals surface area contributed by atoms with Gasteiger partial charge in [0.2, 0.25) is 6.79 Å². The molecule has 2 unspecified atom stereocenters. The molecule has 2 aliphatic rings. The quantitative estimate of drug-likeness (QED) is 0.726. The van der Waals surface area contributed by atoms with Gasteiger partial charge in [-0.25, -0.2) is 0 Å². The molecule has 5 rings (SSSR count). The van der Waals surface area contributed by atoms with Crippen LogP contribution in [0.25, 0.3) is 10.8 Å². The molecule has 1 N–H and O–H groups in total. The van der Waals surface area contributed by atoms with Gasteiger partial charge in [0.05, 0.1) is 6.04 Å². The molecule has 148 valence electrons. The van der Waals surface area contributed by atoms with Gasteiger partial charge >= 0.3 is 5.97 Å². The van der Waals surface area contributed by atoms with Crippen molar-refractivity contribution < 1.29 is 19.4 Å². The molecule has 3 heterocycles. The number of benzene rings is 2. The van der Waals surface area contributed by atoms with E-state index < -0.39 is 12.0 Å². The molecule has 2 atom stereocenters. The van der Waals surface area contributed by atoms with Crippen LogP contribution in [-0.4, -0.2) is 40.3 Å². The Kier molecular flexibility index (Phi) is 4.56. The largest absolute Gasteiger partial charge is 0.480 e. The van der Waals surface area contributed by atoms with Gasteiger partial charge in [0.1, 0.15) is 6.04 Å². The van der Waals surface area contributed by atoms with Crippen molar-refractivity contribution in [2.24, 2.45) is 0 Å². The summed E-state index contributed by atoms with van der Waals surface area (Å²) in [6, 6.07) is 13.5. The zero-order chi connectivity index (χ0) is 19.8. The first-order chi connectivity index (χ1) is 14.2. The van der Waals surface area contributed by atoms with Crippen molar-refractivity contribution in [3.05, 3.63) is 66.0 Å². The van der Waals surface area contributed by atoms with Crippen molar-refractivity contribution in [3.63, 3.8) is 0 Å². The van der Waals surface area contributed by atoms with Gasteiger partial charge in [0, 0.05) is 17.8 Å². The molecule has 1 saturated heterocycles. The number of fused-ring (bicyclic) bond motifs is 2. The molecule has 1 fully saturated rings. The molecular formula is C23H22N2O4. The Labute approximate surface area is 168 Å². The lowest BCUT2D eigenvalue weighted by atomic mass is 9.90. The second-order valence-corrected chi connectivity index (χ2v) is 7.59. The van der Waals surface area contributed by atoms with Crippen LogP contribution in [-0.2, 0) is 4.79 Å². The molecular weight excluding hydrogens is 368 g/mol. The van der Waals surface area contributed by atoms with Crippen LogP contribution >= 0.6 is 0 Å². The number of hydrogen-bond acceptors (Lipinski definition) is 5. The van der Waals surface area contributed by atoms with Crippen molar-refractivity contribution in [1.82, 2.24) is 9.88 Å². The van der Waals surface area contributed by atoms with Crippen LogP contribution in [0, 0.1) is 0 Å². The molecule has 2 aromatic carbocycles. The molecule has 1 aromatic heterocycles. The summed E-state index contributed by atoms with van der Waals surface area (Å²) in [7, 11) is 0. The van der Waals surface area contributed by atoms with Gasteiger partial charge in [0.15, 0.2) is 11.5 Å². The predicted octanol–water partition coefficient (Wildman–Crippen LogP) is 3.99. The fourth-order valence-electron chi connectivity index (χ4n) is 4.46. The summed E-state index contributed by atoms with van der Waals surface area (Å²) in [6.07, 6.45) is 6.21. The molecule has 0 bridgehead atoms. The Balaban J connectivity index is 1.64. The third-order valence-corrected chi connectivity index (χ3v) is 5.85. The van der Waals surface area contributed by atoms with Crippen molar-refractivity contribution in [3.8, 4) is 11.5 Å². The minimum Gasteiger partial charge on any atom is -0.480 e. The highest BCUT2D eigenvalue weighted by molar-refractivity contribution is 5.82. The standard InChI is InChI=1S/C23H22N2O4/c26-23(27)19-3-1-2-10-25(19)22(17-6-7-20-21(12-17)29-14-28-20)16-4-5-18-13-24-9-8-15(18)11-16/h4-9,11-13,19,22H,1-3,10,14H2,(H,26,27). The van der Waals surface area contributed by atoms with Crippen LogP contribution in [0.5, 0.6) is 11.5 Å². The lowest BCUT2D eigenvalue weighted by Gasteiger charge is -2.39. The van der Waals surface area contributed by atoms with E-state index in [1.807, 2.05) is 30.5 Å². The second kappa shape index (κ2) is 7.37. The Bertz CT molecular complexity index is 1070. The highest BCUT2D eigenvalue weighted by Crippen LogP contribution is 2.40. The zero-order valence-electron chi connectivity index (χ0n) is 16.0. The van der Waals surface area contributed by atoms with Gasteiger partial charge in [-0.15, -0.1) is 0 Å². The van der Waals surface area contributed by atoms with E-state index in [2.05, 4.69) is 28.1 Å². The summed E-state index contributed by atoms with van der Waals surface area (Å²) in [5, 5.41) is 12.0. The summed E-state index contributed by atoms with van der Waals surface area (Å²) in [5.41, 5.74) is 2.08. The molecule has 6 nitrogen and oxygen atoms in total. The van der Waals surface area contributed by atoms with Gasteiger partial charge in [0.25, 0.3) is 0 Å². The molecule has 0 radical (unpaired) electrons. The first kappa shape index (κ1) is 17.9. The van der Waals surface area contributed by atoms with E-state index in [1.165, 1.54) is 0 Å². The summed E-state index contributed by atoms with van der Waals surface area (Å²) in [4.78, 5) is 18.3. The smallest absolute Gasteiger partial charge is 0.320 e. The minimum absolute atomic E-state index is 0.177. The summed E-state index contributed by atoms with van der Waals surface area (Å²) >= 11 is 0. The van der Waals surface area contributed by atoms with E-state index in [0.29, 0.717) is 12.2 Å². The summed E-state index contributed by atoms with van der Waals surface area (Å²) in [5.74, 6) is 0.673. The molecule has 0 saturated carbocycles. The topological polar surface area (TPSA) is 71.9 Å². The van der Waals surface area contributed by atoms with Crippen molar-refractivity contribution in [2.75, 3.05) is 13.3 Å². The second-order valence-electron chi connectivity index (χ2n) is 7.59. The monoisotopic (exact) mass is 390 g/mol. The highest BCUT2D eigenvalue weighted by Gasteiger charge is 2.35. The molecule has 0 amide bonds. The third kappa shape index (κ3) is 3.29. The SMILES string of the molecule is O=C(O)C1CCCCN1C(c1ccc2c(c1)OCO2)c1ccc2cnccc2c1. The fraction of sp³-hybridized carbons (Fsp3) is 0.304. The van der Waals surface area contributed by atoms with Crippen LogP contribution in [0.15, 0.2) is 54.9 Å². The van der Waals surface area contributed by atoms with Crippen molar-refractivity contribution in [2.45, 2.75) is 31.3 Å². The maximum Gasteiger partial charge on any atom is 0.320 e. The zero-order valence-corrected chi connectivity index (χ0v) is 16.0. The normalized spacial score (nSPS) is 19.9. The Morgan fingerprint density at radius 1 is 1.03 bits per heavy atom. The number of piperidine rings is 1. The van der Waals surface area contributed by atoms with Crippen LogP contribution < -0.4 is 9.47 Å². The molecule has 0 spiro atoms. The van der Waals surface area contributed by atoms with E-state index in [-0.39, 0.29) is 12.8 Å². The molecule has 3 aromatic rings. The number of carboxylic acid groups (broad SMARTS) is 1. The first-order valence-corrected chi connectivity index (χ1v) is 9.92. The van der Waals surface area contributed by atoms with Gasteiger partial charge in [-0.05, 0) is 60.2 Å². The number of aromatic nitrogens is 1. The average molecular weight is 390 g/mol. The number of nitrogens with zero attached hydrogens (tertiary/aromatic N) is 2. The summed E-state index contributed by atoms with van der Waals surface area (Å²) < 4.78 is 11.1. The average Bonchev–Trinajstić information content (AvgIpc) is 3.22. The van der Waals surface area contributed by atoms with Gasteiger partial charge in [-0.3, -0.25) is 14.7 Å². The maximum atomic E-state index is 12.0. The van der Waals surface area contributed by atoms with E-state index in [4.69, 9.17) is 9.47 Å². The van der Waals surface area contributed by atoms with E-state index >= 15 is 0 Å². The van der Waals surface area contributed by atoms with E-state index in [0.717, 1.165) is 47.0 Å². The van der Waals surface area contributed by atoms with Crippen LogP contribution in [0.2, 0.25) is 0 Å². The Morgan fingerprint density at radius 2 is 1.86 bits per heavy atom. The molecule has 29 heavy (non-hydrogen) atoms. The van der Waals surface area contributed by atoms with Crippen LogP contribution in [0.4, 0.5) is 0 Å². The van der Waals surface area contributed by atoms with Crippen molar-refractivity contribution >= 4 is 16.7 Å². The Morgan fingerprint density at radius 3 is 2.76 bits per heavy atom. The van der Waals surface area contributed by atoms with Crippen LogP contribution in [0.1, 0.15) is 36.4 Å². The number of carboxylic acids is 1. The summed E-state index contributed by atoms with van der Waals surface area (Å²) in [6.45, 7) is 0.957. The number of carbonyl (C=O) groups is 1. The van der Waals surface area contributed by atoms with Crippen molar-refractivity contribution in [1.29, 1.82) is 0 Å². The number of rotatable bonds is 4. The lowest BCUT2D eigenvalue weighted by molar-refractivity contribution is -0.145. The first-order valence-electron chi connectivity index (χ1n) is 9.92. The third-order valence-electron chi connectivity index (χ3n) is 5.85. The van der Waals surface area contributed by atoms with Gasteiger partial charge in [-0.1, -0.05) is 24.6 Å². The van der Waals surface area contributed by atoms with Crippen LogP contribution in [0.3, 0.4) is 0 Å².